The van der Waals surface area contributed by atoms with Gasteiger partial charge in [-0.05, 0) is 12.1 Å². The second-order valence-corrected chi connectivity index (χ2v) is 3.27. The van der Waals surface area contributed by atoms with Crippen molar-refractivity contribution in [1.82, 2.24) is 9.78 Å². The summed E-state index contributed by atoms with van der Waals surface area (Å²) in [6, 6.07) is 2.83. The quantitative estimate of drug-likeness (QED) is 0.796. The van der Waals surface area contributed by atoms with Gasteiger partial charge in [-0.3, -0.25) is 0 Å². The highest BCUT2D eigenvalue weighted by molar-refractivity contribution is 5.28. The maximum absolute atomic E-state index is 13.3. The molecule has 0 atom stereocenters. The van der Waals surface area contributed by atoms with Crippen LogP contribution in [0.25, 0.3) is 0 Å². The zero-order chi connectivity index (χ0) is 11.7. The molecule has 0 aliphatic heterocycles. The second kappa shape index (κ2) is 3.88. The van der Waals surface area contributed by atoms with Crippen LogP contribution in [0, 0.1) is 17.5 Å². The van der Waals surface area contributed by atoms with Crippen molar-refractivity contribution in [2.24, 2.45) is 0 Å². The van der Waals surface area contributed by atoms with Crippen LogP contribution in [-0.2, 0) is 6.54 Å². The number of nitrogens with two attached hydrogens (primary N) is 1. The van der Waals surface area contributed by atoms with Crippen LogP contribution in [0.4, 0.5) is 19.0 Å². The summed E-state index contributed by atoms with van der Waals surface area (Å²) in [6.45, 7) is -0.0398. The Morgan fingerprint density at radius 3 is 2.44 bits per heavy atom. The van der Waals surface area contributed by atoms with Crippen molar-refractivity contribution in [1.29, 1.82) is 0 Å². The number of hydrogen-bond donors (Lipinski definition) is 1. The van der Waals surface area contributed by atoms with Crippen LogP contribution in [0.2, 0.25) is 0 Å². The summed E-state index contributed by atoms with van der Waals surface area (Å²) >= 11 is 0. The van der Waals surface area contributed by atoms with E-state index in [9.17, 15) is 13.2 Å². The van der Waals surface area contributed by atoms with Crippen LogP contribution in [0.15, 0.2) is 24.4 Å². The topological polar surface area (TPSA) is 43.8 Å². The molecule has 6 heteroatoms. The molecule has 1 heterocycles. The van der Waals surface area contributed by atoms with Gasteiger partial charge in [-0.15, -0.1) is 0 Å². The second-order valence-electron chi connectivity index (χ2n) is 3.27. The third-order valence-corrected chi connectivity index (χ3v) is 2.16. The predicted octanol–water partition coefficient (Wildman–Crippen LogP) is 1.93. The Balaban J connectivity index is 2.35. The number of halogens is 3. The SMILES string of the molecule is Nc1ccnn1Cc1cc(F)c(F)cc1F. The number of nitrogens with zero attached hydrogens (tertiary/aromatic N) is 2. The molecule has 1 aromatic carbocycles. The number of rotatable bonds is 2. The van der Waals surface area contributed by atoms with Crippen molar-refractivity contribution in [2.45, 2.75) is 6.54 Å². The minimum atomic E-state index is -1.21. The fourth-order valence-corrected chi connectivity index (χ4v) is 1.32. The highest BCUT2D eigenvalue weighted by Gasteiger charge is 2.11. The molecular formula is C10H8F3N3. The van der Waals surface area contributed by atoms with E-state index < -0.39 is 17.5 Å². The van der Waals surface area contributed by atoms with E-state index in [2.05, 4.69) is 5.10 Å². The Morgan fingerprint density at radius 2 is 1.81 bits per heavy atom. The molecule has 2 N–H and O–H groups in total. The summed E-state index contributed by atoms with van der Waals surface area (Å²) in [5, 5.41) is 3.81. The average Bonchev–Trinajstić information content (AvgIpc) is 2.61. The van der Waals surface area contributed by atoms with E-state index in [4.69, 9.17) is 5.73 Å². The summed E-state index contributed by atoms with van der Waals surface area (Å²) in [7, 11) is 0. The molecule has 0 fully saturated rings. The fraction of sp³-hybridized carbons (Fsp3) is 0.100. The van der Waals surface area contributed by atoms with E-state index in [-0.39, 0.29) is 12.1 Å². The van der Waals surface area contributed by atoms with Crippen LogP contribution in [-0.4, -0.2) is 9.78 Å². The molecule has 0 unspecified atom stereocenters. The molecule has 0 amide bonds. The Bertz CT molecular complexity index is 522. The summed E-state index contributed by atoms with van der Waals surface area (Å²) in [4.78, 5) is 0. The van der Waals surface area contributed by atoms with Gasteiger partial charge in [0.1, 0.15) is 11.6 Å². The van der Waals surface area contributed by atoms with E-state index >= 15 is 0 Å². The summed E-state index contributed by atoms with van der Waals surface area (Å²) in [5.41, 5.74) is 5.51. The van der Waals surface area contributed by atoms with Gasteiger partial charge in [-0.1, -0.05) is 0 Å². The standard InChI is InChI=1S/C10H8F3N3/c11-7-4-9(13)8(12)3-6(7)5-16-10(14)1-2-15-16/h1-4H,5,14H2. The van der Waals surface area contributed by atoms with Gasteiger partial charge in [0.25, 0.3) is 0 Å². The predicted molar refractivity (Wildman–Crippen MR) is 52.1 cm³/mol. The number of anilines is 1. The molecule has 2 rings (SSSR count). The maximum atomic E-state index is 13.3. The van der Waals surface area contributed by atoms with Crippen LogP contribution < -0.4 is 5.73 Å². The number of aromatic nitrogens is 2. The smallest absolute Gasteiger partial charge is 0.161 e. The molecule has 0 radical (unpaired) electrons. The summed E-state index contributed by atoms with van der Waals surface area (Å²) in [5.74, 6) is -2.81. The molecule has 84 valence electrons. The number of hydrogen-bond acceptors (Lipinski definition) is 2. The van der Waals surface area contributed by atoms with E-state index in [1.165, 1.54) is 16.9 Å². The molecule has 1 aromatic heterocycles. The van der Waals surface area contributed by atoms with E-state index in [0.29, 0.717) is 11.9 Å². The van der Waals surface area contributed by atoms with Crippen LogP contribution >= 0.6 is 0 Å². The molecule has 2 aromatic rings. The first-order valence-corrected chi connectivity index (χ1v) is 4.48. The Morgan fingerprint density at radius 1 is 1.12 bits per heavy atom. The molecule has 0 spiro atoms. The lowest BCUT2D eigenvalue weighted by Crippen LogP contribution is -2.08. The highest BCUT2D eigenvalue weighted by Crippen LogP contribution is 2.15. The first kappa shape index (κ1) is 10.5. The normalized spacial score (nSPS) is 10.7. The number of benzene rings is 1. The van der Waals surface area contributed by atoms with E-state index in [1.807, 2.05) is 0 Å². The van der Waals surface area contributed by atoms with Gasteiger partial charge in [-0.2, -0.15) is 5.10 Å². The van der Waals surface area contributed by atoms with Crippen molar-refractivity contribution in [3.8, 4) is 0 Å². The van der Waals surface area contributed by atoms with Gasteiger partial charge >= 0.3 is 0 Å². The third kappa shape index (κ3) is 1.86. The van der Waals surface area contributed by atoms with E-state index in [1.54, 1.807) is 0 Å². The van der Waals surface area contributed by atoms with Gasteiger partial charge in [0.15, 0.2) is 11.6 Å². The molecule has 0 aliphatic rings. The van der Waals surface area contributed by atoms with Gasteiger partial charge in [0, 0.05) is 11.6 Å². The number of nitrogen functional groups attached to an aromatic ring is 1. The van der Waals surface area contributed by atoms with Crippen molar-refractivity contribution in [2.75, 3.05) is 5.73 Å². The largest absolute Gasteiger partial charge is 0.384 e. The molecule has 0 aliphatic carbocycles. The first-order valence-electron chi connectivity index (χ1n) is 4.48. The molecule has 16 heavy (non-hydrogen) atoms. The Kier molecular flexibility index (Phi) is 2.55. The van der Waals surface area contributed by atoms with Crippen molar-refractivity contribution < 1.29 is 13.2 Å². The summed E-state index contributed by atoms with van der Waals surface area (Å²) < 4.78 is 40.1. The zero-order valence-electron chi connectivity index (χ0n) is 8.12. The Labute approximate surface area is 89.3 Å². The molecule has 3 nitrogen and oxygen atoms in total. The maximum Gasteiger partial charge on any atom is 0.161 e. The molecule has 0 bridgehead atoms. The van der Waals surface area contributed by atoms with Crippen LogP contribution in [0.3, 0.4) is 0 Å². The van der Waals surface area contributed by atoms with Gasteiger partial charge in [-0.25, -0.2) is 17.9 Å². The zero-order valence-corrected chi connectivity index (χ0v) is 8.12. The lowest BCUT2D eigenvalue weighted by atomic mass is 10.2. The average molecular weight is 227 g/mol. The first-order chi connectivity index (χ1) is 7.58. The van der Waals surface area contributed by atoms with Crippen LogP contribution in [0.1, 0.15) is 5.56 Å². The minimum Gasteiger partial charge on any atom is -0.384 e. The van der Waals surface area contributed by atoms with Gasteiger partial charge in [0.2, 0.25) is 0 Å². The minimum absolute atomic E-state index is 0.00528. The Hall–Kier alpha value is -1.98. The monoisotopic (exact) mass is 227 g/mol. The third-order valence-electron chi connectivity index (χ3n) is 2.16. The highest BCUT2D eigenvalue weighted by atomic mass is 19.2. The molecule has 0 saturated heterocycles. The van der Waals surface area contributed by atoms with Crippen LogP contribution in [0.5, 0.6) is 0 Å². The molecule has 0 saturated carbocycles. The van der Waals surface area contributed by atoms with Crippen molar-refractivity contribution in [3.05, 3.63) is 47.4 Å². The van der Waals surface area contributed by atoms with Gasteiger partial charge in [0.05, 0.1) is 12.7 Å². The van der Waals surface area contributed by atoms with Crippen molar-refractivity contribution in [3.63, 3.8) is 0 Å². The lowest BCUT2D eigenvalue weighted by Gasteiger charge is -2.06. The van der Waals surface area contributed by atoms with Crippen molar-refractivity contribution >= 4 is 5.82 Å². The fourth-order valence-electron chi connectivity index (χ4n) is 1.32. The van der Waals surface area contributed by atoms with Gasteiger partial charge < -0.3 is 5.73 Å². The lowest BCUT2D eigenvalue weighted by molar-refractivity contribution is 0.486. The summed E-state index contributed by atoms with van der Waals surface area (Å²) in [6.07, 6.45) is 1.44. The van der Waals surface area contributed by atoms with E-state index in [0.717, 1.165) is 6.07 Å². The molecular weight excluding hydrogens is 219 g/mol.